The Balaban J connectivity index is 1.49. The van der Waals surface area contributed by atoms with Crippen molar-refractivity contribution in [2.45, 2.75) is 131 Å². The van der Waals surface area contributed by atoms with E-state index in [1.807, 2.05) is 20.8 Å². The molecule has 3 saturated carbocycles. The smallest absolute Gasteiger partial charge is 0.309 e. The summed E-state index contributed by atoms with van der Waals surface area (Å²) in [6, 6.07) is 2.27. The molecule has 0 spiro atoms. The van der Waals surface area contributed by atoms with E-state index in [0.717, 1.165) is 68.4 Å². The van der Waals surface area contributed by atoms with Gasteiger partial charge in [0.1, 0.15) is 0 Å². The fourth-order valence-corrected chi connectivity index (χ4v) is 10.4. The third kappa shape index (κ3) is 3.95. The first-order valence-corrected chi connectivity index (χ1v) is 16.2. The first-order valence-electron chi connectivity index (χ1n) is 16.2. The Morgan fingerprint density at radius 3 is 2.33 bits per heavy atom. The van der Waals surface area contributed by atoms with E-state index < -0.39 is 17.2 Å². The van der Waals surface area contributed by atoms with Crippen LogP contribution in [0.25, 0.3) is 0 Å². The van der Waals surface area contributed by atoms with Gasteiger partial charge in [0.15, 0.2) is 11.5 Å². The van der Waals surface area contributed by atoms with Crippen molar-refractivity contribution in [2.24, 2.45) is 27.6 Å². The number of amides is 1. The molecule has 6 rings (SSSR count). The predicted octanol–water partition coefficient (Wildman–Crippen LogP) is 7.81. The zero-order valence-electron chi connectivity index (χ0n) is 27.3. The number of carboxylic acids is 1. The molecular weight excluding hydrogens is 526 g/mol. The molecule has 5 aliphatic rings. The number of fused-ring (bicyclic) bond motifs is 8. The third-order valence-corrected chi connectivity index (χ3v) is 13.2. The summed E-state index contributed by atoms with van der Waals surface area (Å²) < 4.78 is 12.7. The topological polar surface area (TPSA) is 84.9 Å². The van der Waals surface area contributed by atoms with Crippen LogP contribution in [0.2, 0.25) is 0 Å². The molecule has 0 aromatic heterocycles. The highest BCUT2D eigenvalue weighted by Gasteiger charge is 2.67. The quantitative estimate of drug-likeness (QED) is 0.357. The molecule has 6 heteroatoms. The van der Waals surface area contributed by atoms with Gasteiger partial charge in [-0.2, -0.15) is 0 Å². The first-order chi connectivity index (χ1) is 19.4. The molecule has 3 fully saturated rings. The van der Waals surface area contributed by atoms with Crippen LogP contribution in [-0.4, -0.2) is 29.3 Å². The van der Waals surface area contributed by atoms with Crippen molar-refractivity contribution < 1.29 is 24.2 Å². The molecule has 0 bridgehead atoms. The third-order valence-electron chi connectivity index (χ3n) is 13.2. The van der Waals surface area contributed by atoms with Crippen LogP contribution < -0.4 is 14.8 Å². The Kier molecular flexibility index (Phi) is 6.35. The van der Waals surface area contributed by atoms with Crippen LogP contribution in [0, 0.1) is 34.5 Å². The van der Waals surface area contributed by atoms with E-state index in [9.17, 15) is 14.7 Å². The number of benzene rings is 1. The van der Waals surface area contributed by atoms with Gasteiger partial charge in [0.05, 0.1) is 5.41 Å². The van der Waals surface area contributed by atoms with Crippen molar-refractivity contribution in [1.82, 2.24) is 5.32 Å². The molecule has 4 aliphatic carbocycles. The van der Waals surface area contributed by atoms with Crippen LogP contribution in [0.15, 0.2) is 17.7 Å². The lowest BCUT2D eigenvalue weighted by molar-refractivity contribution is -0.177. The minimum atomic E-state index is -0.706. The average Bonchev–Trinajstić information content (AvgIpc) is 3.22. The summed E-state index contributed by atoms with van der Waals surface area (Å²) in [6.07, 6.45) is 10.2. The largest absolute Gasteiger partial charge is 0.481 e. The molecule has 0 saturated heterocycles. The Morgan fingerprint density at radius 1 is 0.976 bits per heavy atom. The summed E-state index contributed by atoms with van der Waals surface area (Å²) in [5, 5.41) is 13.3. The van der Waals surface area contributed by atoms with Gasteiger partial charge < -0.3 is 19.9 Å². The maximum atomic E-state index is 12.5. The van der Waals surface area contributed by atoms with Gasteiger partial charge in [-0.15, -0.1) is 0 Å². The van der Waals surface area contributed by atoms with Crippen LogP contribution in [0.5, 0.6) is 11.5 Å². The SMILES string of the molecule is CC(=O)NCC[C@@H]1C=C2[C@@](C)(CC[C@@]3(C)[C@@H]4C[C@](C)(C(=O)O)CC[C@]4(C)CC[C@]23C)c2cc3c(c(C)c21)OC(C)(C)O3. The number of hydrogen-bond donors (Lipinski definition) is 2. The number of rotatable bonds is 4. The Morgan fingerprint density at radius 2 is 1.67 bits per heavy atom. The van der Waals surface area contributed by atoms with Gasteiger partial charge in [0.2, 0.25) is 11.7 Å². The van der Waals surface area contributed by atoms with Gasteiger partial charge in [-0.3, -0.25) is 9.59 Å². The molecular formula is C36H51NO5. The second kappa shape index (κ2) is 9.01. The number of carbonyl (C=O) groups is 2. The predicted molar refractivity (Wildman–Crippen MR) is 164 cm³/mol. The zero-order valence-corrected chi connectivity index (χ0v) is 27.3. The molecule has 1 aromatic rings. The standard InChI is InChI=1S/C36H51NO5/c1-21-28-23(10-17-37-22(2)38)18-26-34(7,24(28)19-25-29(21)42-31(3,4)41-25)14-16-36(9)27-20-33(6,30(39)40)12-11-32(27,5)13-15-35(26,36)8/h18-19,23,27H,10-17,20H2,1-9H3,(H,37,38)(H,39,40)/t23-,27-,32-,33-,34+,35-,36+/m1/s1. The molecule has 230 valence electrons. The number of hydrogen-bond acceptors (Lipinski definition) is 4. The fourth-order valence-electron chi connectivity index (χ4n) is 10.4. The van der Waals surface area contributed by atoms with Crippen LogP contribution in [0.4, 0.5) is 0 Å². The number of ether oxygens (including phenoxy) is 2. The van der Waals surface area contributed by atoms with E-state index >= 15 is 0 Å². The Hall–Kier alpha value is -2.50. The lowest BCUT2D eigenvalue weighted by Gasteiger charge is -2.70. The van der Waals surface area contributed by atoms with Gasteiger partial charge in [-0.25, -0.2) is 0 Å². The number of allylic oxidation sites excluding steroid dienone is 2. The van der Waals surface area contributed by atoms with Gasteiger partial charge in [0, 0.05) is 38.6 Å². The second-order valence-electron chi connectivity index (χ2n) is 16.2. The highest BCUT2D eigenvalue weighted by Crippen LogP contribution is 2.75. The molecule has 0 unspecified atom stereocenters. The molecule has 1 aromatic carbocycles. The minimum absolute atomic E-state index is 0.00442. The summed E-state index contributed by atoms with van der Waals surface area (Å²) in [5.41, 5.74) is 4.64. The van der Waals surface area contributed by atoms with E-state index in [4.69, 9.17) is 9.47 Å². The van der Waals surface area contributed by atoms with E-state index in [0.29, 0.717) is 12.5 Å². The normalized spacial score (nSPS) is 41.0. The second-order valence-corrected chi connectivity index (χ2v) is 16.2. The van der Waals surface area contributed by atoms with Crippen LogP contribution in [0.3, 0.4) is 0 Å². The molecule has 42 heavy (non-hydrogen) atoms. The Bertz CT molecular complexity index is 1400. The summed E-state index contributed by atoms with van der Waals surface area (Å²) in [7, 11) is 0. The molecule has 6 nitrogen and oxygen atoms in total. The molecule has 2 N–H and O–H groups in total. The van der Waals surface area contributed by atoms with Crippen LogP contribution >= 0.6 is 0 Å². The van der Waals surface area contributed by atoms with E-state index in [1.54, 1.807) is 6.92 Å². The molecule has 0 radical (unpaired) electrons. The first kappa shape index (κ1) is 29.6. The van der Waals surface area contributed by atoms with E-state index in [1.165, 1.54) is 16.7 Å². The monoisotopic (exact) mass is 577 g/mol. The van der Waals surface area contributed by atoms with Crippen molar-refractivity contribution in [1.29, 1.82) is 0 Å². The number of carbonyl (C=O) groups excluding carboxylic acids is 1. The van der Waals surface area contributed by atoms with Gasteiger partial charge in [-0.1, -0.05) is 39.3 Å². The summed E-state index contributed by atoms with van der Waals surface area (Å²) in [5.74, 6) is 0.827. The average molecular weight is 578 g/mol. The summed E-state index contributed by atoms with van der Waals surface area (Å²) in [4.78, 5) is 24.4. The minimum Gasteiger partial charge on any atom is -0.481 e. The summed E-state index contributed by atoms with van der Waals surface area (Å²) in [6.45, 7) is 20.2. The lowest BCUT2D eigenvalue weighted by atomic mass is 9.34. The van der Waals surface area contributed by atoms with Crippen molar-refractivity contribution in [2.75, 3.05) is 6.54 Å². The maximum Gasteiger partial charge on any atom is 0.309 e. The van der Waals surface area contributed by atoms with Gasteiger partial charge in [-0.05, 0) is 110 Å². The maximum absolute atomic E-state index is 12.5. The zero-order chi connectivity index (χ0) is 30.7. The number of carboxylic acid groups (broad SMARTS) is 1. The molecule has 1 amide bonds. The molecule has 1 aliphatic heterocycles. The van der Waals surface area contributed by atoms with Gasteiger partial charge in [0.25, 0.3) is 0 Å². The van der Waals surface area contributed by atoms with Crippen molar-refractivity contribution in [3.63, 3.8) is 0 Å². The highest BCUT2D eigenvalue weighted by molar-refractivity contribution is 5.74. The van der Waals surface area contributed by atoms with Crippen LogP contribution in [-0.2, 0) is 15.0 Å². The Labute approximate surface area is 252 Å². The van der Waals surface area contributed by atoms with Gasteiger partial charge >= 0.3 is 5.97 Å². The highest BCUT2D eigenvalue weighted by atomic mass is 16.7. The van der Waals surface area contributed by atoms with Crippen molar-refractivity contribution in [3.05, 3.63) is 34.4 Å². The van der Waals surface area contributed by atoms with E-state index in [2.05, 4.69) is 52.1 Å². The van der Waals surface area contributed by atoms with Crippen molar-refractivity contribution >= 4 is 11.9 Å². The molecule has 7 atom stereocenters. The fraction of sp³-hybridized carbons (Fsp3) is 0.722. The molecule has 1 heterocycles. The number of nitrogens with one attached hydrogen (secondary N) is 1. The van der Waals surface area contributed by atoms with Crippen LogP contribution in [0.1, 0.15) is 129 Å². The van der Waals surface area contributed by atoms with Crippen molar-refractivity contribution in [3.8, 4) is 11.5 Å². The summed E-state index contributed by atoms with van der Waals surface area (Å²) >= 11 is 0. The van der Waals surface area contributed by atoms with E-state index in [-0.39, 0.29) is 33.5 Å². The lowest BCUT2D eigenvalue weighted by Crippen LogP contribution is -2.62. The number of aliphatic carboxylic acids is 1.